The van der Waals surface area contributed by atoms with Crippen molar-refractivity contribution in [3.63, 3.8) is 0 Å². The Labute approximate surface area is 111 Å². The molecule has 0 spiro atoms. The zero-order chi connectivity index (χ0) is 13.0. The minimum Gasteiger partial charge on any atom is -0.371 e. The molecule has 1 aromatic heterocycles. The van der Waals surface area contributed by atoms with Gasteiger partial charge >= 0.3 is 0 Å². The van der Waals surface area contributed by atoms with Crippen LogP contribution in [-0.4, -0.2) is 25.1 Å². The Morgan fingerprint density at radius 1 is 1.39 bits per heavy atom. The van der Waals surface area contributed by atoms with Gasteiger partial charge in [0.25, 0.3) is 0 Å². The van der Waals surface area contributed by atoms with E-state index in [4.69, 9.17) is 0 Å². The number of nitrogens with one attached hydrogen (secondary N) is 1. The van der Waals surface area contributed by atoms with Gasteiger partial charge in [0.2, 0.25) is 0 Å². The lowest BCUT2D eigenvalue weighted by Crippen LogP contribution is -2.27. The highest BCUT2D eigenvalue weighted by molar-refractivity contribution is 5.53. The molecule has 1 fully saturated rings. The second-order valence-electron chi connectivity index (χ2n) is 5.41. The zero-order valence-electron chi connectivity index (χ0n) is 11.9. The predicted molar refractivity (Wildman–Crippen MR) is 76.8 cm³/mol. The van der Waals surface area contributed by atoms with Crippen molar-refractivity contribution in [3.8, 4) is 0 Å². The van der Waals surface area contributed by atoms with E-state index in [1.54, 1.807) is 0 Å². The monoisotopic (exact) mass is 247 g/mol. The molecule has 0 atom stereocenters. The van der Waals surface area contributed by atoms with Gasteiger partial charge in [0.1, 0.15) is 0 Å². The standard InChI is InChI=1S/C15H25N3/c1-4-15(5-2)7-9-18(12-15)14-6-8-17-11-13(14)10-16-3/h6,8,11,16H,4-5,7,9-10,12H2,1-3H3. The fraction of sp³-hybridized carbons (Fsp3) is 0.667. The molecule has 0 unspecified atom stereocenters. The van der Waals surface area contributed by atoms with Crippen LogP contribution in [0.5, 0.6) is 0 Å². The summed E-state index contributed by atoms with van der Waals surface area (Å²) in [7, 11) is 1.99. The minimum atomic E-state index is 0.528. The Balaban J connectivity index is 2.18. The van der Waals surface area contributed by atoms with Gasteiger partial charge in [0, 0.05) is 43.3 Å². The summed E-state index contributed by atoms with van der Waals surface area (Å²) < 4.78 is 0. The van der Waals surface area contributed by atoms with E-state index in [1.807, 2.05) is 19.4 Å². The molecule has 1 aliphatic rings. The van der Waals surface area contributed by atoms with Crippen LogP contribution in [0.2, 0.25) is 0 Å². The van der Waals surface area contributed by atoms with E-state index >= 15 is 0 Å². The minimum absolute atomic E-state index is 0.528. The van der Waals surface area contributed by atoms with Crippen LogP contribution in [-0.2, 0) is 6.54 Å². The molecule has 2 rings (SSSR count). The van der Waals surface area contributed by atoms with Gasteiger partial charge in [-0.1, -0.05) is 13.8 Å². The van der Waals surface area contributed by atoms with Crippen LogP contribution >= 0.6 is 0 Å². The molecular formula is C15H25N3. The van der Waals surface area contributed by atoms with Gasteiger partial charge in [-0.15, -0.1) is 0 Å². The quantitative estimate of drug-likeness (QED) is 0.867. The smallest absolute Gasteiger partial charge is 0.0443 e. The number of anilines is 1. The third-order valence-electron chi connectivity index (χ3n) is 4.52. The molecule has 18 heavy (non-hydrogen) atoms. The molecule has 0 bridgehead atoms. The number of hydrogen-bond acceptors (Lipinski definition) is 3. The van der Waals surface area contributed by atoms with Gasteiger partial charge in [-0.3, -0.25) is 4.98 Å². The van der Waals surface area contributed by atoms with E-state index in [0.29, 0.717) is 5.41 Å². The highest BCUT2D eigenvalue weighted by Crippen LogP contribution is 2.39. The first-order valence-electron chi connectivity index (χ1n) is 7.07. The maximum atomic E-state index is 4.25. The molecule has 2 heterocycles. The summed E-state index contributed by atoms with van der Waals surface area (Å²) in [6, 6.07) is 2.16. The Kier molecular flexibility index (Phi) is 4.23. The van der Waals surface area contributed by atoms with E-state index in [9.17, 15) is 0 Å². The molecule has 0 aliphatic carbocycles. The molecular weight excluding hydrogens is 222 g/mol. The van der Waals surface area contributed by atoms with Crippen LogP contribution in [0.3, 0.4) is 0 Å². The lowest BCUT2D eigenvalue weighted by Gasteiger charge is -2.28. The van der Waals surface area contributed by atoms with Gasteiger partial charge in [0.15, 0.2) is 0 Å². The first-order chi connectivity index (χ1) is 8.74. The van der Waals surface area contributed by atoms with Crippen LogP contribution in [0.25, 0.3) is 0 Å². The molecule has 1 aromatic rings. The Morgan fingerprint density at radius 3 is 2.78 bits per heavy atom. The van der Waals surface area contributed by atoms with Crippen molar-refractivity contribution >= 4 is 5.69 Å². The summed E-state index contributed by atoms with van der Waals surface area (Å²) in [6.07, 6.45) is 7.79. The summed E-state index contributed by atoms with van der Waals surface area (Å²) in [5, 5.41) is 3.23. The van der Waals surface area contributed by atoms with E-state index in [2.05, 4.69) is 35.1 Å². The molecule has 0 radical (unpaired) electrons. The van der Waals surface area contributed by atoms with Crippen LogP contribution in [0, 0.1) is 5.41 Å². The molecule has 0 aromatic carbocycles. The number of rotatable bonds is 5. The van der Waals surface area contributed by atoms with Crippen molar-refractivity contribution in [1.29, 1.82) is 0 Å². The fourth-order valence-electron chi connectivity index (χ4n) is 3.02. The number of hydrogen-bond donors (Lipinski definition) is 1. The third kappa shape index (κ3) is 2.51. The molecule has 1 aliphatic heterocycles. The lowest BCUT2D eigenvalue weighted by atomic mass is 9.82. The summed E-state index contributed by atoms with van der Waals surface area (Å²) in [4.78, 5) is 6.79. The third-order valence-corrected chi connectivity index (χ3v) is 4.52. The van der Waals surface area contributed by atoms with Crippen LogP contribution in [0.4, 0.5) is 5.69 Å². The fourth-order valence-corrected chi connectivity index (χ4v) is 3.02. The van der Waals surface area contributed by atoms with Gasteiger partial charge < -0.3 is 10.2 Å². The molecule has 3 nitrogen and oxygen atoms in total. The maximum absolute atomic E-state index is 4.25. The van der Waals surface area contributed by atoms with E-state index in [1.165, 1.54) is 43.6 Å². The normalized spacial score (nSPS) is 18.3. The molecule has 0 saturated carbocycles. The Bertz CT molecular complexity index is 385. The molecule has 0 amide bonds. The summed E-state index contributed by atoms with van der Waals surface area (Å²) in [6.45, 7) is 7.93. The summed E-state index contributed by atoms with van der Waals surface area (Å²) in [5.41, 5.74) is 3.20. The average molecular weight is 247 g/mol. The van der Waals surface area contributed by atoms with Gasteiger partial charge in [-0.25, -0.2) is 0 Å². The second-order valence-corrected chi connectivity index (χ2v) is 5.41. The topological polar surface area (TPSA) is 28.2 Å². The van der Waals surface area contributed by atoms with Crippen molar-refractivity contribution in [1.82, 2.24) is 10.3 Å². The first kappa shape index (κ1) is 13.3. The number of pyridine rings is 1. The second kappa shape index (κ2) is 5.70. The Morgan fingerprint density at radius 2 is 2.17 bits per heavy atom. The molecule has 100 valence electrons. The van der Waals surface area contributed by atoms with Crippen molar-refractivity contribution < 1.29 is 0 Å². The molecule has 3 heteroatoms. The SMILES string of the molecule is CCC1(CC)CCN(c2ccncc2CNC)C1. The van der Waals surface area contributed by atoms with Crippen molar-refractivity contribution in [2.24, 2.45) is 5.41 Å². The van der Waals surface area contributed by atoms with Crippen molar-refractivity contribution in [3.05, 3.63) is 24.0 Å². The Hall–Kier alpha value is -1.09. The van der Waals surface area contributed by atoms with Crippen LogP contribution in [0.1, 0.15) is 38.7 Å². The highest BCUT2D eigenvalue weighted by atomic mass is 15.2. The van der Waals surface area contributed by atoms with Crippen LogP contribution in [0.15, 0.2) is 18.5 Å². The van der Waals surface area contributed by atoms with Crippen molar-refractivity contribution in [2.75, 3.05) is 25.0 Å². The lowest BCUT2D eigenvalue weighted by molar-refractivity contribution is 0.301. The summed E-state index contributed by atoms with van der Waals surface area (Å²) >= 11 is 0. The molecule has 1 N–H and O–H groups in total. The maximum Gasteiger partial charge on any atom is 0.0443 e. The van der Waals surface area contributed by atoms with Gasteiger partial charge in [0.05, 0.1) is 0 Å². The number of aromatic nitrogens is 1. The van der Waals surface area contributed by atoms with E-state index < -0.39 is 0 Å². The number of nitrogens with zero attached hydrogens (tertiary/aromatic N) is 2. The van der Waals surface area contributed by atoms with Crippen molar-refractivity contribution in [2.45, 2.75) is 39.7 Å². The summed E-state index contributed by atoms with van der Waals surface area (Å²) in [5.74, 6) is 0. The molecule has 1 saturated heterocycles. The largest absolute Gasteiger partial charge is 0.371 e. The van der Waals surface area contributed by atoms with E-state index in [-0.39, 0.29) is 0 Å². The van der Waals surface area contributed by atoms with Gasteiger partial charge in [-0.2, -0.15) is 0 Å². The van der Waals surface area contributed by atoms with Crippen LogP contribution < -0.4 is 10.2 Å². The first-order valence-corrected chi connectivity index (χ1v) is 7.07. The average Bonchev–Trinajstić information content (AvgIpc) is 2.85. The van der Waals surface area contributed by atoms with E-state index in [0.717, 1.165) is 6.54 Å². The zero-order valence-corrected chi connectivity index (χ0v) is 11.9. The van der Waals surface area contributed by atoms with Gasteiger partial charge in [-0.05, 0) is 37.8 Å². The highest BCUT2D eigenvalue weighted by Gasteiger charge is 2.35. The predicted octanol–water partition coefficient (Wildman–Crippen LogP) is 2.82.